The Morgan fingerprint density at radius 1 is 0.925 bits per heavy atom. The first kappa shape index (κ1) is 31.1. The van der Waals surface area contributed by atoms with E-state index in [1.54, 1.807) is 12.1 Å². The number of carbonyl (C=O) groups excluding carboxylic acids is 1. The molecule has 8 nitrogen and oxygen atoms in total. The maximum Gasteiger partial charge on any atom is 0.243 e. The van der Waals surface area contributed by atoms with Crippen molar-refractivity contribution < 1.29 is 23.1 Å². The fourth-order valence-electron chi connectivity index (χ4n) is 4.58. The van der Waals surface area contributed by atoms with Crippen LogP contribution < -0.4 is 15.4 Å². The monoisotopic (exact) mass is 567 g/mol. The number of anilines is 1. The molecule has 0 bridgehead atoms. The minimum absolute atomic E-state index is 0.0174. The van der Waals surface area contributed by atoms with Gasteiger partial charge in [0.15, 0.2) is 0 Å². The molecule has 0 spiro atoms. The Kier molecular flexibility index (Phi) is 11.1. The van der Waals surface area contributed by atoms with Crippen LogP contribution in [0.3, 0.4) is 0 Å². The number of nitrogens with one attached hydrogen (secondary N) is 2. The second kappa shape index (κ2) is 14.3. The molecule has 9 heteroatoms. The highest BCUT2D eigenvalue weighted by Crippen LogP contribution is 2.22. The molecule has 216 valence electrons. The van der Waals surface area contributed by atoms with Crippen LogP contribution in [0.25, 0.3) is 0 Å². The lowest BCUT2D eigenvalue weighted by Gasteiger charge is -2.31. The molecule has 0 fully saturated rings. The molecule has 0 aliphatic rings. The summed E-state index contributed by atoms with van der Waals surface area (Å²) in [5, 5.41) is 17.6. The summed E-state index contributed by atoms with van der Waals surface area (Å²) >= 11 is 0. The Bertz CT molecular complexity index is 1320. The van der Waals surface area contributed by atoms with E-state index in [4.69, 9.17) is 4.74 Å². The van der Waals surface area contributed by atoms with Gasteiger partial charge in [0.2, 0.25) is 15.9 Å². The van der Waals surface area contributed by atoms with Crippen LogP contribution in [0.4, 0.5) is 5.69 Å². The van der Waals surface area contributed by atoms with Crippen LogP contribution in [0.1, 0.15) is 30.5 Å². The van der Waals surface area contributed by atoms with Crippen LogP contribution in [-0.2, 0) is 21.2 Å². The van der Waals surface area contributed by atoms with E-state index in [-0.39, 0.29) is 36.4 Å². The van der Waals surface area contributed by atoms with Crippen LogP contribution in [0, 0.1) is 19.8 Å². The summed E-state index contributed by atoms with van der Waals surface area (Å²) in [7, 11) is -2.40. The standard InChI is InChI=1S/C31H41N3O5S/c1-22(2)20-34(40(37,38)27-16-14-26(39-5)15-17-27)21-29(35)28(18-25-12-7-6-8-13-25)33-30(36)19-32-31-23(3)10-9-11-24(31)4/h6-17,22,28-29,32,35H,18-21H2,1-5H3,(H,33,36)/t28-,29+/m0/s1. The van der Waals surface area contributed by atoms with Gasteiger partial charge in [0.1, 0.15) is 5.75 Å². The molecule has 0 saturated heterocycles. The number of sulfonamides is 1. The van der Waals surface area contributed by atoms with E-state index in [1.165, 1.54) is 23.5 Å². The van der Waals surface area contributed by atoms with E-state index in [1.807, 2.05) is 76.2 Å². The molecular formula is C31H41N3O5S. The number of aryl methyl sites for hydroxylation is 2. The van der Waals surface area contributed by atoms with E-state index in [2.05, 4.69) is 10.6 Å². The summed E-state index contributed by atoms with van der Waals surface area (Å²) in [6.45, 7) is 7.85. The van der Waals surface area contributed by atoms with Crippen molar-refractivity contribution in [2.75, 3.05) is 32.1 Å². The Balaban J connectivity index is 1.81. The molecule has 0 aliphatic heterocycles. The Morgan fingerprint density at radius 2 is 1.55 bits per heavy atom. The van der Waals surface area contributed by atoms with Gasteiger partial charge in [-0.1, -0.05) is 62.4 Å². The van der Waals surface area contributed by atoms with Gasteiger partial charge in [-0.3, -0.25) is 4.79 Å². The van der Waals surface area contributed by atoms with Crippen molar-refractivity contribution in [3.8, 4) is 5.75 Å². The van der Waals surface area contributed by atoms with Gasteiger partial charge in [-0.05, 0) is 67.1 Å². The largest absolute Gasteiger partial charge is 0.497 e. The summed E-state index contributed by atoms with van der Waals surface area (Å²) in [6.07, 6.45) is -0.814. The highest BCUT2D eigenvalue weighted by atomic mass is 32.2. The van der Waals surface area contributed by atoms with Crippen molar-refractivity contribution in [3.05, 3.63) is 89.5 Å². The number of benzene rings is 3. The first-order valence-corrected chi connectivity index (χ1v) is 14.9. The lowest BCUT2D eigenvalue weighted by atomic mass is 10.0. The number of ether oxygens (including phenoxy) is 1. The lowest BCUT2D eigenvalue weighted by Crippen LogP contribution is -2.52. The highest BCUT2D eigenvalue weighted by molar-refractivity contribution is 7.89. The summed E-state index contributed by atoms with van der Waals surface area (Å²) in [4.78, 5) is 13.2. The Hall–Kier alpha value is -3.40. The van der Waals surface area contributed by atoms with Gasteiger partial charge < -0.3 is 20.5 Å². The molecule has 3 rings (SSSR count). The van der Waals surface area contributed by atoms with Crippen molar-refractivity contribution in [2.24, 2.45) is 5.92 Å². The Labute approximate surface area is 238 Å². The van der Waals surface area contributed by atoms with E-state index in [9.17, 15) is 18.3 Å². The number of carbonyl (C=O) groups is 1. The molecule has 0 aliphatic carbocycles. The van der Waals surface area contributed by atoms with Crippen molar-refractivity contribution in [1.82, 2.24) is 9.62 Å². The maximum absolute atomic E-state index is 13.6. The predicted molar refractivity (Wildman–Crippen MR) is 159 cm³/mol. The number of hydrogen-bond acceptors (Lipinski definition) is 6. The van der Waals surface area contributed by atoms with Crippen molar-refractivity contribution in [1.29, 1.82) is 0 Å². The zero-order valence-electron chi connectivity index (χ0n) is 23.9. The molecule has 40 heavy (non-hydrogen) atoms. The summed E-state index contributed by atoms with van der Waals surface area (Å²) in [6, 6.07) is 20.9. The third-order valence-corrected chi connectivity index (χ3v) is 8.52. The van der Waals surface area contributed by atoms with E-state index >= 15 is 0 Å². The van der Waals surface area contributed by atoms with E-state index < -0.39 is 22.2 Å². The lowest BCUT2D eigenvalue weighted by molar-refractivity contribution is -0.121. The first-order valence-electron chi connectivity index (χ1n) is 13.5. The summed E-state index contributed by atoms with van der Waals surface area (Å²) in [5.41, 5.74) is 3.87. The number of aliphatic hydroxyl groups excluding tert-OH is 1. The maximum atomic E-state index is 13.6. The molecule has 1 amide bonds. The van der Waals surface area contributed by atoms with Crippen molar-refractivity contribution >= 4 is 21.6 Å². The highest BCUT2D eigenvalue weighted by Gasteiger charge is 2.31. The van der Waals surface area contributed by atoms with E-state index in [0.29, 0.717) is 12.2 Å². The van der Waals surface area contributed by atoms with Gasteiger partial charge >= 0.3 is 0 Å². The second-order valence-corrected chi connectivity index (χ2v) is 12.4. The molecular weight excluding hydrogens is 526 g/mol. The van der Waals surface area contributed by atoms with Gasteiger partial charge in [-0.15, -0.1) is 0 Å². The van der Waals surface area contributed by atoms with Crippen molar-refractivity contribution in [3.63, 3.8) is 0 Å². The Morgan fingerprint density at radius 3 is 2.12 bits per heavy atom. The summed E-state index contributed by atoms with van der Waals surface area (Å²) in [5.74, 6) is 0.273. The molecule has 3 aromatic rings. The fourth-order valence-corrected chi connectivity index (χ4v) is 6.20. The van der Waals surface area contributed by atoms with Gasteiger partial charge in [0.25, 0.3) is 0 Å². The average molecular weight is 568 g/mol. The van der Waals surface area contributed by atoms with Crippen LogP contribution in [-0.4, -0.2) is 62.6 Å². The smallest absolute Gasteiger partial charge is 0.243 e. The third-order valence-electron chi connectivity index (χ3n) is 6.67. The normalized spacial score (nSPS) is 13.2. The van der Waals surface area contributed by atoms with Crippen LogP contribution >= 0.6 is 0 Å². The topological polar surface area (TPSA) is 108 Å². The molecule has 3 N–H and O–H groups in total. The number of nitrogens with zero attached hydrogens (tertiary/aromatic N) is 1. The molecule has 0 radical (unpaired) electrons. The number of rotatable bonds is 14. The number of aliphatic hydroxyl groups is 1. The third kappa shape index (κ3) is 8.55. The van der Waals surface area contributed by atoms with E-state index in [0.717, 1.165) is 22.4 Å². The van der Waals surface area contributed by atoms with Gasteiger partial charge in [0, 0.05) is 18.8 Å². The zero-order chi connectivity index (χ0) is 29.3. The van der Waals surface area contributed by atoms with Crippen LogP contribution in [0.2, 0.25) is 0 Å². The minimum Gasteiger partial charge on any atom is -0.497 e. The second-order valence-electron chi connectivity index (χ2n) is 10.4. The first-order chi connectivity index (χ1) is 19.0. The summed E-state index contributed by atoms with van der Waals surface area (Å²) < 4.78 is 33.7. The van der Waals surface area contributed by atoms with Gasteiger partial charge in [-0.2, -0.15) is 4.31 Å². The fraction of sp³-hybridized carbons (Fsp3) is 0.387. The molecule has 0 unspecified atom stereocenters. The molecule has 3 aromatic carbocycles. The number of hydrogen-bond donors (Lipinski definition) is 3. The average Bonchev–Trinajstić information content (AvgIpc) is 2.92. The van der Waals surface area contributed by atoms with Crippen LogP contribution in [0.5, 0.6) is 5.75 Å². The molecule has 2 atom stereocenters. The van der Waals surface area contributed by atoms with Gasteiger partial charge in [-0.25, -0.2) is 8.42 Å². The van der Waals surface area contributed by atoms with Crippen LogP contribution in [0.15, 0.2) is 77.7 Å². The number of amides is 1. The zero-order valence-corrected chi connectivity index (χ0v) is 24.7. The molecule has 0 saturated carbocycles. The molecule has 0 aromatic heterocycles. The number of methoxy groups -OCH3 is 1. The minimum atomic E-state index is -3.91. The molecule has 0 heterocycles. The number of para-hydroxylation sites is 1. The predicted octanol–water partition coefficient (Wildman–Crippen LogP) is 4.16. The van der Waals surface area contributed by atoms with Crippen molar-refractivity contribution in [2.45, 2.75) is 51.2 Å². The van der Waals surface area contributed by atoms with Gasteiger partial charge in [0.05, 0.1) is 30.7 Å². The quantitative estimate of drug-likeness (QED) is 0.270. The SMILES string of the molecule is COc1ccc(S(=O)(=O)N(CC(C)C)C[C@@H](O)[C@H](Cc2ccccc2)NC(=O)CNc2c(C)cccc2C)cc1.